The number of hydrogen-bond acceptors (Lipinski definition) is 3. The largest absolute Gasteiger partial charge is 0.329 e. The molecule has 0 saturated heterocycles. The van der Waals surface area contributed by atoms with Crippen molar-refractivity contribution in [2.45, 2.75) is 6.92 Å². The van der Waals surface area contributed by atoms with Crippen LogP contribution in [0.5, 0.6) is 0 Å². The minimum Gasteiger partial charge on any atom is -0.329 e. The average molecular weight is 190 g/mol. The summed E-state index contributed by atoms with van der Waals surface area (Å²) >= 11 is 0. The standard InChI is InChI=1S/C7H14N2O2S/c1-3-6-9(4-2)12(10,11)7-5-8/h1H,4-8H2,2H3. The Kier molecular flexibility index (Phi) is 4.90. The van der Waals surface area contributed by atoms with Crippen molar-refractivity contribution in [2.24, 2.45) is 5.73 Å². The van der Waals surface area contributed by atoms with Gasteiger partial charge < -0.3 is 5.73 Å². The quantitative estimate of drug-likeness (QED) is 0.579. The lowest BCUT2D eigenvalue weighted by molar-refractivity contribution is 0.464. The highest BCUT2D eigenvalue weighted by Gasteiger charge is 2.17. The van der Waals surface area contributed by atoms with Crippen LogP contribution in [0.25, 0.3) is 0 Å². The summed E-state index contributed by atoms with van der Waals surface area (Å²) in [5, 5.41) is 0. The van der Waals surface area contributed by atoms with E-state index >= 15 is 0 Å². The van der Waals surface area contributed by atoms with Gasteiger partial charge in [-0.05, 0) is 0 Å². The SMILES string of the molecule is C#CCN(CC)S(=O)(=O)CCN. The Labute approximate surface area is 73.8 Å². The molecule has 4 nitrogen and oxygen atoms in total. The molecule has 0 bridgehead atoms. The Morgan fingerprint density at radius 1 is 1.58 bits per heavy atom. The molecule has 0 saturated carbocycles. The predicted molar refractivity (Wildman–Crippen MR) is 48.9 cm³/mol. The van der Waals surface area contributed by atoms with E-state index in [1.54, 1.807) is 6.92 Å². The van der Waals surface area contributed by atoms with Crippen molar-refractivity contribution in [2.75, 3.05) is 25.4 Å². The second kappa shape index (κ2) is 5.14. The van der Waals surface area contributed by atoms with Gasteiger partial charge in [0.15, 0.2) is 0 Å². The zero-order valence-electron chi connectivity index (χ0n) is 7.16. The fourth-order valence-corrected chi connectivity index (χ4v) is 2.01. The van der Waals surface area contributed by atoms with Gasteiger partial charge in [0.25, 0.3) is 0 Å². The Bertz CT molecular complexity index is 253. The lowest BCUT2D eigenvalue weighted by Gasteiger charge is -2.16. The molecule has 0 radical (unpaired) electrons. The van der Waals surface area contributed by atoms with E-state index in [-0.39, 0.29) is 18.8 Å². The first-order chi connectivity index (χ1) is 5.58. The average Bonchev–Trinajstić information content (AvgIpc) is 1.99. The molecule has 0 amide bonds. The van der Waals surface area contributed by atoms with Crippen LogP contribution in [0.1, 0.15) is 6.92 Å². The van der Waals surface area contributed by atoms with Gasteiger partial charge in [0.05, 0.1) is 12.3 Å². The van der Waals surface area contributed by atoms with Gasteiger partial charge in [0.2, 0.25) is 10.0 Å². The summed E-state index contributed by atoms with van der Waals surface area (Å²) in [5.41, 5.74) is 5.15. The van der Waals surface area contributed by atoms with Crippen LogP contribution in [-0.4, -0.2) is 38.1 Å². The second-order valence-electron chi connectivity index (χ2n) is 2.23. The summed E-state index contributed by atoms with van der Waals surface area (Å²) < 4.78 is 23.8. The molecule has 0 aromatic rings. The summed E-state index contributed by atoms with van der Waals surface area (Å²) in [4.78, 5) is 0. The number of terminal acetylenes is 1. The third-order valence-electron chi connectivity index (χ3n) is 1.39. The van der Waals surface area contributed by atoms with Crippen LogP contribution >= 0.6 is 0 Å². The molecular weight excluding hydrogens is 176 g/mol. The van der Waals surface area contributed by atoms with Gasteiger partial charge in [-0.15, -0.1) is 6.42 Å². The Balaban J connectivity index is 4.40. The normalized spacial score (nSPS) is 11.5. The molecule has 2 N–H and O–H groups in total. The monoisotopic (exact) mass is 190 g/mol. The van der Waals surface area contributed by atoms with E-state index < -0.39 is 10.0 Å². The molecule has 0 rings (SSSR count). The van der Waals surface area contributed by atoms with Gasteiger partial charge in [0.1, 0.15) is 0 Å². The van der Waals surface area contributed by atoms with Crippen LogP contribution in [0.3, 0.4) is 0 Å². The molecule has 0 atom stereocenters. The highest BCUT2D eigenvalue weighted by Crippen LogP contribution is 1.98. The minimum atomic E-state index is -3.22. The highest BCUT2D eigenvalue weighted by molar-refractivity contribution is 7.89. The molecule has 0 aliphatic rings. The molecule has 0 aliphatic carbocycles. The summed E-state index contributed by atoms with van der Waals surface area (Å²) in [7, 11) is -3.22. The van der Waals surface area contributed by atoms with E-state index in [0.717, 1.165) is 0 Å². The first-order valence-corrected chi connectivity index (χ1v) is 5.30. The maximum Gasteiger partial charge on any atom is 0.216 e. The zero-order valence-corrected chi connectivity index (χ0v) is 7.97. The van der Waals surface area contributed by atoms with Crippen LogP contribution < -0.4 is 5.73 Å². The van der Waals surface area contributed by atoms with Gasteiger partial charge in [-0.3, -0.25) is 0 Å². The Morgan fingerprint density at radius 3 is 2.50 bits per heavy atom. The van der Waals surface area contributed by atoms with Gasteiger partial charge in [0, 0.05) is 13.1 Å². The van der Waals surface area contributed by atoms with Crippen molar-refractivity contribution >= 4 is 10.0 Å². The predicted octanol–water partition coefficient (Wildman–Crippen LogP) is -0.770. The van der Waals surface area contributed by atoms with E-state index in [2.05, 4.69) is 5.92 Å². The van der Waals surface area contributed by atoms with Gasteiger partial charge >= 0.3 is 0 Å². The molecule has 0 unspecified atom stereocenters. The molecule has 70 valence electrons. The Hall–Kier alpha value is -0.570. The third-order valence-corrected chi connectivity index (χ3v) is 3.32. The zero-order chi connectivity index (χ0) is 9.61. The molecule has 0 aliphatic heterocycles. The van der Waals surface area contributed by atoms with Crippen molar-refractivity contribution in [3.8, 4) is 12.3 Å². The van der Waals surface area contributed by atoms with Crippen LogP contribution in [0.4, 0.5) is 0 Å². The summed E-state index contributed by atoms with van der Waals surface area (Å²) in [5.74, 6) is 2.25. The van der Waals surface area contributed by atoms with E-state index in [0.29, 0.717) is 6.54 Å². The summed E-state index contributed by atoms with van der Waals surface area (Å²) in [6.45, 7) is 2.39. The molecule has 0 fully saturated rings. The maximum absolute atomic E-state index is 11.3. The van der Waals surface area contributed by atoms with Gasteiger partial charge in [-0.2, -0.15) is 4.31 Å². The van der Waals surface area contributed by atoms with Crippen molar-refractivity contribution in [1.29, 1.82) is 0 Å². The Morgan fingerprint density at radius 2 is 2.17 bits per heavy atom. The summed E-state index contributed by atoms with van der Waals surface area (Å²) in [6.07, 6.45) is 5.01. The van der Waals surface area contributed by atoms with Crippen molar-refractivity contribution in [3.05, 3.63) is 0 Å². The maximum atomic E-state index is 11.3. The number of nitrogens with two attached hydrogens (primary N) is 1. The number of sulfonamides is 1. The highest BCUT2D eigenvalue weighted by atomic mass is 32.2. The molecule has 0 spiro atoms. The van der Waals surface area contributed by atoms with E-state index in [1.807, 2.05) is 0 Å². The smallest absolute Gasteiger partial charge is 0.216 e. The van der Waals surface area contributed by atoms with Crippen molar-refractivity contribution in [3.63, 3.8) is 0 Å². The molecule has 0 heterocycles. The topological polar surface area (TPSA) is 63.4 Å². The summed E-state index contributed by atoms with van der Waals surface area (Å²) in [6, 6.07) is 0. The van der Waals surface area contributed by atoms with Gasteiger partial charge in [-0.25, -0.2) is 8.42 Å². The fraction of sp³-hybridized carbons (Fsp3) is 0.714. The van der Waals surface area contributed by atoms with E-state index in [9.17, 15) is 8.42 Å². The van der Waals surface area contributed by atoms with E-state index in [1.165, 1.54) is 4.31 Å². The van der Waals surface area contributed by atoms with Crippen molar-refractivity contribution in [1.82, 2.24) is 4.31 Å². The molecule has 5 heteroatoms. The first-order valence-electron chi connectivity index (χ1n) is 3.69. The third kappa shape index (κ3) is 3.22. The molecule has 12 heavy (non-hydrogen) atoms. The first kappa shape index (κ1) is 11.4. The number of nitrogens with zero attached hydrogens (tertiary/aromatic N) is 1. The van der Waals surface area contributed by atoms with E-state index in [4.69, 9.17) is 12.2 Å². The lowest BCUT2D eigenvalue weighted by Crippen LogP contribution is -2.35. The lowest BCUT2D eigenvalue weighted by atomic mass is 10.6. The van der Waals surface area contributed by atoms with Crippen molar-refractivity contribution < 1.29 is 8.42 Å². The molecular formula is C7H14N2O2S. The molecule has 0 aromatic carbocycles. The van der Waals surface area contributed by atoms with Gasteiger partial charge in [-0.1, -0.05) is 12.8 Å². The number of hydrogen-bond donors (Lipinski definition) is 1. The van der Waals surface area contributed by atoms with Crippen LogP contribution in [0.15, 0.2) is 0 Å². The van der Waals surface area contributed by atoms with Crippen LogP contribution in [-0.2, 0) is 10.0 Å². The minimum absolute atomic E-state index is 0.0392. The fourth-order valence-electron chi connectivity index (χ4n) is 0.787. The number of rotatable bonds is 5. The van der Waals surface area contributed by atoms with Crippen LogP contribution in [0, 0.1) is 12.3 Å². The second-order valence-corrected chi connectivity index (χ2v) is 4.32. The molecule has 0 aromatic heterocycles. The van der Waals surface area contributed by atoms with Crippen LogP contribution in [0.2, 0.25) is 0 Å².